The summed E-state index contributed by atoms with van der Waals surface area (Å²) in [7, 11) is 0. The van der Waals surface area contributed by atoms with Crippen molar-refractivity contribution in [3.8, 4) is 5.75 Å². The lowest BCUT2D eigenvalue weighted by Gasteiger charge is -2.07. The number of anilines is 1. The van der Waals surface area contributed by atoms with Crippen molar-refractivity contribution in [1.29, 1.82) is 0 Å². The number of benzene rings is 2. The van der Waals surface area contributed by atoms with Crippen molar-refractivity contribution in [2.24, 2.45) is 0 Å². The number of hydrogen-bond donors (Lipinski definition) is 2. The normalized spacial score (nSPS) is 10.1. The Morgan fingerprint density at radius 3 is 2.50 bits per heavy atom. The highest BCUT2D eigenvalue weighted by Crippen LogP contribution is 2.27. The van der Waals surface area contributed by atoms with Crippen molar-refractivity contribution in [2.45, 2.75) is 0 Å². The molecule has 18 heavy (non-hydrogen) atoms. The van der Waals surface area contributed by atoms with Crippen molar-refractivity contribution in [1.82, 2.24) is 0 Å². The fourth-order valence-electron chi connectivity index (χ4n) is 1.43. The zero-order valence-electron chi connectivity index (χ0n) is 9.15. The summed E-state index contributed by atoms with van der Waals surface area (Å²) in [6, 6.07) is 11.8. The Morgan fingerprint density at radius 2 is 1.83 bits per heavy atom. The highest BCUT2D eigenvalue weighted by atomic mass is 79.9. The molecule has 0 unspecified atom stereocenters. The summed E-state index contributed by atoms with van der Waals surface area (Å²) in [4.78, 5) is 11.9. The van der Waals surface area contributed by atoms with Gasteiger partial charge in [0.15, 0.2) is 0 Å². The Balaban J connectivity index is 2.22. The minimum absolute atomic E-state index is 0.144. The molecule has 0 saturated carbocycles. The Bertz CT molecular complexity index is 584. The molecule has 0 aliphatic rings. The minimum Gasteiger partial charge on any atom is -0.506 e. The molecular formula is C13H9BrClNO2. The Morgan fingerprint density at radius 1 is 1.17 bits per heavy atom. The zero-order valence-corrected chi connectivity index (χ0v) is 11.5. The maximum absolute atomic E-state index is 11.9. The molecule has 2 aromatic rings. The van der Waals surface area contributed by atoms with Gasteiger partial charge in [0.25, 0.3) is 5.91 Å². The van der Waals surface area contributed by atoms with Gasteiger partial charge in [0.2, 0.25) is 0 Å². The molecule has 2 aromatic carbocycles. The molecule has 0 aromatic heterocycles. The third-order valence-corrected chi connectivity index (χ3v) is 3.17. The van der Waals surface area contributed by atoms with Crippen LogP contribution in [-0.2, 0) is 0 Å². The number of para-hydroxylation sites is 1. The number of phenolic OH excluding ortho intramolecular Hbond substituents is 1. The van der Waals surface area contributed by atoms with Crippen LogP contribution in [0.1, 0.15) is 10.4 Å². The van der Waals surface area contributed by atoms with E-state index in [4.69, 9.17) is 11.6 Å². The van der Waals surface area contributed by atoms with Crippen molar-refractivity contribution >= 4 is 39.1 Å². The lowest BCUT2D eigenvalue weighted by Crippen LogP contribution is -2.11. The molecule has 0 spiro atoms. The van der Waals surface area contributed by atoms with E-state index >= 15 is 0 Å². The van der Waals surface area contributed by atoms with Crippen LogP contribution in [0, 0.1) is 0 Å². The quantitative estimate of drug-likeness (QED) is 0.874. The molecule has 0 heterocycles. The Hall–Kier alpha value is -1.52. The van der Waals surface area contributed by atoms with Gasteiger partial charge in [0.05, 0.1) is 10.6 Å². The fraction of sp³-hybridized carbons (Fsp3) is 0. The molecule has 0 fully saturated rings. The number of rotatable bonds is 2. The molecule has 1 amide bonds. The molecule has 2 N–H and O–H groups in total. The predicted octanol–water partition coefficient (Wildman–Crippen LogP) is 4.06. The van der Waals surface area contributed by atoms with E-state index in [-0.39, 0.29) is 16.3 Å². The van der Waals surface area contributed by atoms with Gasteiger partial charge in [-0.05, 0) is 36.4 Å². The summed E-state index contributed by atoms with van der Waals surface area (Å²) in [6.07, 6.45) is 0. The van der Waals surface area contributed by atoms with Crippen molar-refractivity contribution in [3.63, 3.8) is 0 Å². The van der Waals surface area contributed by atoms with E-state index in [0.29, 0.717) is 5.69 Å². The van der Waals surface area contributed by atoms with Crippen molar-refractivity contribution < 1.29 is 9.90 Å². The van der Waals surface area contributed by atoms with E-state index < -0.39 is 5.91 Å². The Labute approximate surface area is 118 Å². The lowest BCUT2D eigenvalue weighted by molar-refractivity contribution is 0.102. The zero-order chi connectivity index (χ0) is 13.1. The van der Waals surface area contributed by atoms with E-state index in [1.165, 1.54) is 12.1 Å². The smallest absolute Gasteiger partial charge is 0.259 e. The average Bonchev–Trinajstić information content (AvgIpc) is 2.35. The van der Waals surface area contributed by atoms with Gasteiger partial charge in [-0.2, -0.15) is 0 Å². The van der Waals surface area contributed by atoms with Gasteiger partial charge >= 0.3 is 0 Å². The first-order chi connectivity index (χ1) is 8.58. The molecule has 92 valence electrons. The molecule has 0 radical (unpaired) electrons. The van der Waals surface area contributed by atoms with Crippen LogP contribution in [-0.4, -0.2) is 11.0 Å². The topological polar surface area (TPSA) is 49.3 Å². The first kappa shape index (κ1) is 12.9. The van der Waals surface area contributed by atoms with Gasteiger partial charge in [-0.3, -0.25) is 4.79 Å². The number of aromatic hydroxyl groups is 1. The summed E-state index contributed by atoms with van der Waals surface area (Å²) in [5, 5.41) is 12.5. The molecular weight excluding hydrogens is 318 g/mol. The lowest BCUT2D eigenvalue weighted by atomic mass is 10.2. The minimum atomic E-state index is -0.405. The maximum atomic E-state index is 11.9. The van der Waals surface area contributed by atoms with Crippen LogP contribution in [0.5, 0.6) is 5.75 Å². The van der Waals surface area contributed by atoms with Gasteiger partial charge in [0, 0.05) is 10.2 Å². The number of amides is 1. The molecule has 0 aliphatic carbocycles. The van der Waals surface area contributed by atoms with Crippen LogP contribution < -0.4 is 5.32 Å². The number of phenols is 1. The van der Waals surface area contributed by atoms with Gasteiger partial charge in [0.1, 0.15) is 5.75 Å². The molecule has 0 saturated heterocycles. The second-order valence-electron chi connectivity index (χ2n) is 3.60. The predicted molar refractivity (Wildman–Crippen MR) is 75.2 cm³/mol. The third kappa shape index (κ3) is 2.83. The van der Waals surface area contributed by atoms with E-state index in [1.54, 1.807) is 18.2 Å². The third-order valence-electron chi connectivity index (χ3n) is 2.33. The van der Waals surface area contributed by atoms with Crippen LogP contribution in [0.4, 0.5) is 5.69 Å². The first-order valence-corrected chi connectivity index (χ1v) is 6.29. The fourth-order valence-corrected chi connectivity index (χ4v) is 1.87. The van der Waals surface area contributed by atoms with Crippen LogP contribution in [0.3, 0.4) is 0 Å². The van der Waals surface area contributed by atoms with Gasteiger partial charge in [-0.15, -0.1) is 0 Å². The molecule has 5 heteroatoms. The highest BCUT2D eigenvalue weighted by molar-refractivity contribution is 9.10. The molecule has 0 atom stereocenters. The molecule has 0 bridgehead atoms. The SMILES string of the molecule is O=C(Nc1ccc(Br)cc1)c1cccc(Cl)c1O. The number of halogens is 2. The van der Waals surface area contributed by atoms with E-state index in [1.807, 2.05) is 12.1 Å². The number of nitrogens with one attached hydrogen (secondary N) is 1. The number of hydrogen-bond acceptors (Lipinski definition) is 2. The second-order valence-corrected chi connectivity index (χ2v) is 4.92. The van der Waals surface area contributed by atoms with Crippen LogP contribution in [0.15, 0.2) is 46.9 Å². The monoisotopic (exact) mass is 325 g/mol. The van der Waals surface area contributed by atoms with Crippen molar-refractivity contribution in [2.75, 3.05) is 5.32 Å². The Kier molecular flexibility index (Phi) is 3.89. The van der Waals surface area contributed by atoms with E-state index in [0.717, 1.165) is 4.47 Å². The van der Waals surface area contributed by atoms with Crippen LogP contribution >= 0.6 is 27.5 Å². The number of carbonyl (C=O) groups is 1. The van der Waals surface area contributed by atoms with E-state index in [2.05, 4.69) is 21.2 Å². The standard InChI is InChI=1S/C13H9BrClNO2/c14-8-4-6-9(7-5-8)16-13(18)10-2-1-3-11(15)12(10)17/h1-7,17H,(H,16,18). The van der Waals surface area contributed by atoms with Crippen LogP contribution in [0.25, 0.3) is 0 Å². The summed E-state index contributed by atoms with van der Waals surface area (Å²) in [5.41, 5.74) is 0.785. The highest BCUT2D eigenvalue weighted by Gasteiger charge is 2.13. The largest absolute Gasteiger partial charge is 0.506 e. The summed E-state index contributed by atoms with van der Waals surface area (Å²) < 4.78 is 0.922. The molecule has 2 rings (SSSR count). The number of carbonyl (C=O) groups excluding carboxylic acids is 1. The van der Waals surface area contributed by atoms with Gasteiger partial charge < -0.3 is 10.4 Å². The molecule has 3 nitrogen and oxygen atoms in total. The maximum Gasteiger partial charge on any atom is 0.259 e. The summed E-state index contributed by atoms with van der Waals surface area (Å²) >= 11 is 9.05. The van der Waals surface area contributed by atoms with Gasteiger partial charge in [-0.25, -0.2) is 0 Å². The second kappa shape index (κ2) is 5.42. The van der Waals surface area contributed by atoms with E-state index in [9.17, 15) is 9.90 Å². The first-order valence-electron chi connectivity index (χ1n) is 5.12. The summed E-state index contributed by atoms with van der Waals surface area (Å²) in [5.74, 6) is -0.619. The summed E-state index contributed by atoms with van der Waals surface area (Å²) in [6.45, 7) is 0. The average molecular weight is 327 g/mol. The van der Waals surface area contributed by atoms with Crippen LogP contribution in [0.2, 0.25) is 5.02 Å². The van der Waals surface area contributed by atoms with Gasteiger partial charge in [-0.1, -0.05) is 33.6 Å². The van der Waals surface area contributed by atoms with Crippen molar-refractivity contribution in [3.05, 3.63) is 57.5 Å². The molecule has 0 aliphatic heterocycles.